The lowest BCUT2D eigenvalue weighted by atomic mass is 10.1. The summed E-state index contributed by atoms with van der Waals surface area (Å²) in [6, 6.07) is 7.88. The van der Waals surface area contributed by atoms with Gasteiger partial charge in [-0.3, -0.25) is 9.59 Å². The molecule has 0 aliphatic carbocycles. The van der Waals surface area contributed by atoms with E-state index in [1.165, 1.54) is 6.20 Å². The number of fused-ring (bicyclic) bond motifs is 1. The molecule has 8 heteroatoms. The lowest BCUT2D eigenvalue weighted by Gasteiger charge is -2.21. The van der Waals surface area contributed by atoms with Crippen molar-refractivity contribution < 1.29 is 9.59 Å². The van der Waals surface area contributed by atoms with Gasteiger partial charge >= 0.3 is 0 Å². The normalized spacial score (nSPS) is 10.9. The molecule has 2 heterocycles. The lowest BCUT2D eigenvalue weighted by molar-refractivity contribution is -0.116. The van der Waals surface area contributed by atoms with E-state index in [-0.39, 0.29) is 5.91 Å². The van der Waals surface area contributed by atoms with Gasteiger partial charge in [-0.1, -0.05) is 0 Å². The molecule has 0 aliphatic heterocycles. The number of rotatable bonds is 8. The fourth-order valence-corrected chi connectivity index (χ4v) is 3.65. The Morgan fingerprint density at radius 2 is 1.80 bits per heavy atom. The van der Waals surface area contributed by atoms with Gasteiger partial charge in [-0.05, 0) is 63.9 Å². The Balaban J connectivity index is 1.69. The number of nitrogens with zero attached hydrogens (tertiary/aromatic N) is 4. The average molecular weight is 409 g/mol. The number of anilines is 2. The van der Waals surface area contributed by atoms with E-state index in [0.29, 0.717) is 24.1 Å². The lowest BCUT2D eigenvalue weighted by Crippen LogP contribution is -2.21. The van der Waals surface area contributed by atoms with Crippen LogP contribution in [0, 0.1) is 13.8 Å². The number of carbonyl (C=O) groups is 2. The van der Waals surface area contributed by atoms with Crippen LogP contribution in [0.3, 0.4) is 0 Å². The van der Waals surface area contributed by atoms with Crippen molar-refractivity contribution >= 4 is 28.8 Å². The fourth-order valence-electron chi connectivity index (χ4n) is 3.65. The Hall–Kier alpha value is -3.42. The molecule has 3 aromatic rings. The van der Waals surface area contributed by atoms with Crippen LogP contribution in [-0.2, 0) is 11.2 Å². The van der Waals surface area contributed by atoms with Gasteiger partial charge in [0, 0.05) is 42.3 Å². The predicted octanol–water partition coefficient (Wildman–Crippen LogP) is 2.86. The van der Waals surface area contributed by atoms with Crippen molar-refractivity contribution in [1.29, 1.82) is 0 Å². The van der Waals surface area contributed by atoms with Gasteiger partial charge in [0.15, 0.2) is 5.65 Å². The molecule has 158 valence electrons. The second-order valence-electron chi connectivity index (χ2n) is 7.19. The minimum atomic E-state index is -0.560. The Kier molecular flexibility index (Phi) is 6.34. The van der Waals surface area contributed by atoms with Gasteiger partial charge in [0.05, 0.1) is 6.20 Å². The van der Waals surface area contributed by atoms with Gasteiger partial charge in [-0.25, -0.2) is 9.50 Å². The number of benzene rings is 1. The van der Waals surface area contributed by atoms with E-state index in [2.05, 4.69) is 34.1 Å². The summed E-state index contributed by atoms with van der Waals surface area (Å²) in [5.74, 6) is -0.627. The van der Waals surface area contributed by atoms with E-state index in [0.717, 1.165) is 41.4 Å². The number of hydrogen-bond donors (Lipinski definition) is 2. The first-order valence-electron chi connectivity index (χ1n) is 10.1. The zero-order valence-electron chi connectivity index (χ0n) is 17.9. The molecular weight excluding hydrogens is 380 g/mol. The van der Waals surface area contributed by atoms with Gasteiger partial charge in [0.2, 0.25) is 5.91 Å². The smallest absolute Gasteiger partial charge is 0.254 e. The maximum atomic E-state index is 12.5. The summed E-state index contributed by atoms with van der Waals surface area (Å²) in [6.45, 7) is 9.89. The molecule has 3 rings (SSSR count). The van der Waals surface area contributed by atoms with Crippen molar-refractivity contribution in [3.05, 3.63) is 53.0 Å². The van der Waals surface area contributed by atoms with E-state index in [1.807, 2.05) is 38.1 Å². The summed E-state index contributed by atoms with van der Waals surface area (Å²) < 4.78 is 1.60. The minimum absolute atomic E-state index is 0.0669. The van der Waals surface area contributed by atoms with Crippen LogP contribution in [0.4, 0.5) is 11.4 Å². The van der Waals surface area contributed by atoms with E-state index >= 15 is 0 Å². The first-order chi connectivity index (χ1) is 14.3. The predicted molar refractivity (Wildman–Crippen MR) is 118 cm³/mol. The molecule has 2 amide bonds. The third-order valence-corrected chi connectivity index (χ3v) is 5.36. The average Bonchev–Trinajstić information content (AvgIpc) is 3.14. The van der Waals surface area contributed by atoms with Crippen LogP contribution in [-0.4, -0.2) is 39.5 Å². The highest BCUT2D eigenvalue weighted by Crippen LogP contribution is 2.20. The van der Waals surface area contributed by atoms with E-state index < -0.39 is 5.91 Å². The van der Waals surface area contributed by atoms with Crippen LogP contribution >= 0.6 is 0 Å². The van der Waals surface area contributed by atoms with Crippen molar-refractivity contribution in [2.75, 3.05) is 23.3 Å². The maximum absolute atomic E-state index is 12.5. The molecule has 0 unspecified atom stereocenters. The van der Waals surface area contributed by atoms with E-state index in [1.54, 1.807) is 4.52 Å². The van der Waals surface area contributed by atoms with Crippen molar-refractivity contribution in [3.63, 3.8) is 0 Å². The SMILES string of the molecule is CCN(CC)c1ccc(NC(=O)CCc2c(C)nc3c(C(N)=O)cnn3c2C)cc1. The van der Waals surface area contributed by atoms with E-state index in [9.17, 15) is 9.59 Å². The standard InChI is InChI=1S/C22H28N6O2/c1-5-27(6-2)17-9-7-16(8-10-17)26-20(29)12-11-18-14(3)25-22-19(21(23)30)13-24-28(22)15(18)4/h7-10,13H,5-6,11-12H2,1-4H3,(H2,23,30)(H,26,29). The highest BCUT2D eigenvalue weighted by atomic mass is 16.2. The van der Waals surface area contributed by atoms with Crippen molar-refractivity contribution in [3.8, 4) is 0 Å². The third-order valence-electron chi connectivity index (χ3n) is 5.36. The highest BCUT2D eigenvalue weighted by molar-refractivity contribution is 5.98. The summed E-state index contributed by atoms with van der Waals surface area (Å²) in [6.07, 6.45) is 2.27. The summed E-state index contributed by atoms with van der Waals surface area (Å²) in [4.78, 5) is 30.7. The van der Waals surface area contributed by atoms with Crippen LogP contribution in [0.25, 0.3) is 5.65 Å². The monoisotopic (exact) mass is 408 g/mol. The Morgan fingerprint density at radius 3 is 2.40 bits per heavy atom. The molecule has 30 heavy (non-hydrogen) atoms. The van der Waals surface area contributed by atoms with Crippen LogP contribution in [0.5, 0.6) is 0 Å². The molecule has 0 spiro atoms. The van der Waals surface area contributed by atoms with Gasteiger partial charge in [-0.15, -0.1) is 0 Å². The van der Waals surface area contributed by atoms with Gasteiger partial charge in [0.25, 0.3) is 5.91 Å². The molecule has 0 aliphatic rings. The molecular formula is C22H28N6O2. The van der Waals surface area contributed by atoms with Gasteiger partial charge in [-0.2, -0.15) is 5.10 Å². The molecule has 0 saturated heterocycles. The Labute approximate surface area is 176 Å². The first-order valence-corrected chi connectivity index (χ1v) is 10.1. The van der Waals surface area contributed by atoms with Crippen LogP contribution in [0.1, 0.15) is 47.6 Å². The molecule has 0 atom stereocenters. The van der Waals surface area contributed by atoms with Crippen molar-refractivity contribution in [1.82, 2.24) is 14.6 Å². The number of nitrogens with one attached hydrogen (secondary N) is 1. The first kappa shape index (κ1) is 21.3. The van der Waals surface area contributed by atoms with Crippen LogP contribution < -0.4 is 16.0 Å². The minimum Gasteiger partial charge on any atom is -0.372 e. The third kappa shape index (κ3) is 4.27. The molecule has 0 saturated carbocycles. The molecule has 2 aromatic heterocycles. The second kappa shape index (κ2) is 8.94. The van der Waals surface area contributed by atoms with E-state index in [4.69, 9.17) is 5.73 Å². The largest absolute Gasteiger partial charge is 0.372 e. The molecule has 1 aromatic carbocycles. The Morgan fingerprint density at radius 1 is 1.13 bits per heavy atom. The zero-order valence-corrected chi connectivity index (χ0v) is 17.9. The molecule has 0 radical (unpaired) electrons. The molecule has 0 fully saturated rings. The number of amides is 2. The number of nitrogens with two attached hydrogens (primary N) is 1. The molecule has 8 nitrogen and oxygen atoms in total. The summed E-state index contributed by atoms with van der Waals surface area (Å²) in [7, 11) is 0. The van der Waals surface area contributed by atoms with Gasteiger partial charge in [0.1, 0.15) is 5.56 Å². The quantitative estimate of drug-likeness (QED) is 0.596. The van der Waals surface area contributed by atoms with Crippen molar-refractivity contribution in [2.45, 2.75) is 40.5 Å². The topological polar surface area (TPSA) is 106 Å². The number of aryl methyl sites for hydroxylation is 2. The van der Waals surface area contributed by atoms with Gasteiger partial charge < -0.3 is 16.0 Å². The van der Waals surface area contributed by atoms with Crippen LogP contribution in [0.2, 0.25) is 0 Å². The van der Waals surface area contributed by atoms with Crippen LogP contribution in [0.15, 0.2) is 30.5 Å². The second-order valence-corrected chi connectivity index (χ2v) is 7.19. The zero-order chi connectivity index (χ0) is 21.8. The highest BCUT2D eigenvalue weighted by Gasteiger charge is 2.17. The number of carbonyl (C=O) groups excluding carboxylic acids is 2. The number of primary amides is 1. The summed E-state index contributed by atoms with van der Waals surface area (Å²) in [5.41, 5.74) is 10.6. The number of aromatic nitrogens is 3. The molecule has 0 bridgehead atoms. The Bertz CT molecular complexity index is 1070. The fraction of sp³-hybridized carbons (Fsp3) is 0.364. The maximum Gasteiger partial charge on any atom is 0.254 e. The van der Waals surface area contributed by atoms with Crippen molar-refractivity contribution in [2.24, 2.45) is 5.73 Å². The summed E-state index contributed by atoms with van der Waals surface area (Å²) >= 11 is 0. The summed E-state index contributed by atoms with van der Waals surface area (Å²) in [5, 5.41) is 7.17. The molecule has 3 N–H and O–H groups in total. The number of hydrogen-bond acceptors (Lipinski definition) is 5.